The molecule has 0 aliphatic rings. The van der Waals surface area contributed by atoms with Crippen molar-refractivity contribution in [3.63, 3.8) is 0 Å². The van der Waals surface area contributed by atoms with Gasteiger partial charge in [0.05, 0.1) is 17.1 Å². The Bertz CT molecular complexity index is 708. The first-order chi connectivity index (χ1) is 8.81. The Labute approximate surface area is 118 Å². The highest BCUT2D eigenvalue weighted by molar-refractivity contribution is 9.10. The number of aromatic nitrogens is 2. The fraction of sp³-hybridized carbons (Fsp3) is 0.182. The lowest BCUT2D eigenvalue weighted by Gasteiger charge is -2.09. The van der Waals surface area contributed by atoms with Gasteiger partial charge in [-0.1, -0.05) is 0 Å². The van der Waals surface area contributed by atoms with E-state index in [1.54, 1.807) is 13.8 Å². The van der Waals surface area contributed by atoms with Gasteiger partial charge < -0.3 is 0 Å². The second-order valence-corrected chi connectivity index (χ2v) is 6.49. The van der Waals surface area contributed by atoms with E-state index in [2.05, 4.69) is 30.8 Å². The summed E-state index contributed by atoms with van der Waals surface area (Å²) in [4.78, 5) is -0.0334. The number of hydrogen-bond acceptors (Lipinski definition) is 3. The number of nitrogens with zero attached hydrogens (tertiary/aromatic N) is 1. The molecule has 2 N–H and O–H groups in total. The number of sulfonamides is 1. The van der Waals surface area contributed by atoms with Gasteiger partial charge in [-0.3, -0.25) is 9.82 Å². The summed E-state index contributed by atoms with van der Waals surface area (Å²) in [5, 5.41) is 6.59. The molecule has 0 fully saturated rings. The number of rotatable bonds is 3. The zero-order chi connectivity index (χ0) is 14.2. The number of aromatic amines is 1. The van der Waals surface area contributed by atoms with E-state index in [0.29, 0.717) is 17.1 Å². The van der Waals surface area contributed by atoms with Gasteiger partial charge in [0.15, 0.2) is 0 Å². The third-order valence-electron chi connectivity index (χ3n) is 2.55. The van der Waals surface area contributed by atoms with Crippen LogP contribution < -0.4 is 4.72 Å². The van der Waals surface area contributed by atoms with Crippen molar-refractivity contribution < 1.29 is 12.8 Å². The molecular weight excluding hydrogens is 337 g/mol. The van der Waals surface area contributed by atoms with Crippen LogP contribution in [0.25, 0.3) is 0 Å². The van der Waals surface area contributed by atoms with Crippen LogP contribution in [0.4, 0.5) is 10.1 Å². The molecule has 0 atom stereocenters. The summed E-state index contributed by atoms with van der Waals surface area (Å²) >= 11 is 3.04. The standard InChI is InChI=1S/C11H11BrFN3O2S/c1-6-11(7(2)15-14-6)16-19(17,18)10-4-3-8(13)5-9(10)12/h3-5,16H,1-2H3,(H,14,15). The van der Waals surface area contributed by atoms with Crippen molar-refractivity contribution in [1.29, 1.82) is 0 Å². The summed E-state index contributed by atoms with van der Waals surface area (Å²) in [5.41, 5.74) is 1.55. The van der Waals surface area contributed by atoms with E-state index in [0.717, 1.165) is 12.1 Å². The van der Waals surface area contributed by atoms with E-state index in [-0.39, 0.29) is 9.37 Å². The van der Waals surface area contributed by atoms with E-state index in [9.17, 15) is 12.8 Å². The molecule has 102 valence electrons. The number of halogens is 2. The third-order valence-corrected chi connectivity index (χ3v) is 4.87. The highest BCUT2D eigenvalue weighted by Gasteiger charge is 2.20. The average molecular weight is 348 g/mol. The van der Waals surface area contributed by atoms with Crippen LogP contribution in [0.3, 0.4) is 0 Å². The quantitative estimate of drug-likeness (QED) is 0.896. The molecule has 2 aromatic rings. The Morgan fingerprint density at radius 1 is 1.37 bits per heavy atom. The van der Waals surface area contributed by atoms with Crippen molar-refractivity contribution in [3.05, 3.63) is 39.9 Å². The summed E-state index contributed by atoms with van der Waals surface area (Å²) in [5.74, 6) is -0.513. The minimum atomic E-state index is -3.80. The topological polar surface area (TPSA) is 74.8 Å². The zero-order valence-electron chi connectivity index (χ0n) is 10.2. The Morgan fingerprint density at radius 3 is 2.58 bits per heavy atom. The smallest absolute Gasteiger partial charge is 0.263 e. The molecule has 19 heavy (non-hydrogen) atoms. The van der Waals surface area contributed by atoms with Crippen molar-refractivity contribution >= 4 is 31.6 Å². The molecule has 2 rings (SSSR count). The molecule has 0 aliphatic carbocycles. The summed E-state index contributed by atoms with van der Waals surface area (Å²) in [7, 11) is -3.80. The zero-order valence-corrected chi connectivity index (χ0v) is 12.6. The second-order valence-electron chi connectivity index (χ2n) is 3.99. The van der Waals surface area contributed by atoms with Gasteiger partial charge in [0.1, 0.15) is 10.7 Å². The lowest BCUT2D eigenvalue weighted by atomic mass is 10.3. The lowest BCUT2D eigenvalue weighted by Crippen LogP contribution is -2.14. The Morgan fingerprint density at radius 2 is 2.05 bits per heavy atom. The normalized spacial score (nSPS) is 11.6. The summed E-state index contributed by atoms with van der Waals surface area (Å²) in [6.07, 6.45) is 0. The molecule has 1 aromatic carbocycles. The predicted molar refractivity (Wildman–Crippen MR) is 73.0 cm³/mol. The van der Waals surface area contributed by atoms with Crippen LogP contribution in [-0.2, 0) is 10.0 Å². The van der Waals surface area contributed by atoms with Crippen molar-refractivity contribution in [2.45, 2.75) is 18.7 Å². The molecular formula is C11H11BrFN3O2S. The van der Waals surface area contributed by atoms with Crippen LogP contribution >= 0.6 is 15.9 Å². The van der Waals surface area contributed by atoms with Gasteiger partial charge in [0, 0.05) is 4.47 Å². The summed E-state index contributed by atoms with van der Waals surface area (Å²) < 4.78 is 40.0. The first-order valence-corrected chi connectivity index (χ1v) is 7.58. The number of anilines is 1. The Kier molecular flexibility index (Phi) is 3.64. The first-order valence-electron chi connectivity index (χ1n) is 5.30. The van der Waals surface area contributed by atoms with Crippen LogP contribution in [0.15, 0.2) is 27.6 Å². The Balaban J connectivity index is 2.44. The van der Waals surface area contributed by atoms with Crippen LogP contribution in [0.2, 0.25) is 0 Å². The highest BCUT2D eigenvalue weighted by Crippen LogP contribution is 2.26. The van der Waals surface area contributed by atoms with E-state index < -0.39 is 15.8 Å². The number of benzene rings is 1. The van der Waals surface area contributed by atoms with Crippen LogP contribution in [0, 0.1) is 19.7 Å². The Hall–Kier alpha value is -1.41. The number of H-pyrrole nitrogens is 1. The van der Waals surface area contributed by atoms with E-state index in [4.69, 9.17) is 0 Å². The van der Waals surface area contributed by atoms with Crippen molar-refractivity contribution in [2.75, 3.05) is 4.72 Å². The molecule has 0 unspecified atom stereocenters. The molecule has 0 radical (unpaired) electrons. The third kappa shape index (κ3) is 2.79. The van der Waals surface area contributed by atoms with Crippen molar-refractivity contribution in [2.24, 2.45) is 0 Å². The molecule has 1 aromatic heterocycles. The van der Waals surface area contributed by atoms with Gasteiger partial charge in [-0.15, -0.1) is 0 Å². The molecule has 8 heteroatoms. The average Bonchev–Trinajstić information content (AvgIpc) is 2.60. The van der Waals surface area contributed by atoms with Crippen LogP contribution in [0.1, 0.15) is 11.4 Å². The molecule has 5 nitrogen and oxygen atoms in total. The van der Waals surface area contributed by atoms with Crippen molar-refractivity contribution in [1.82, 2.24) is 10.2 Å². The highest BCUT2D eigenvalue weighted by atomic mass is 79.9. The maximum atomic E-state index is 13.0. The molecule has 0 amide bonds. The first kappa shape index (κ1) is 14.0. The summed E-state index contributed by atoms with van der Waals surface area (Å²) in [6.45, 7) is 3.39. The fourth-order valence-corrected chi connectivity index (χ4v) is 3.82. The monoisotopic (exact) mass is 347 g/mol. The van der Waals surface area contributed by atoms with E-state index in [1.807, 2.05) is 0 Å². The SMILES string of the molecule is Cc1n[nH]c(C)c1NS(=O)(=O)c1ccc(F)cc1Br. The molecule has 1 heterocycles. The maximum absolute atomic E-state index is 13.0. The molecule has 0 aliphatic heterocycles. The number of aryl methyl sites for hydroxylation is 2. The second kappa shape index (κ2) is 4.93. The minimum absolute atomic E-state index is 0.0334. The fourth-order valence-electron chi connectivity index (χ4n) is 1.58. The largest absolute Gasteiger partial charge is 0.280 e. The van der Waals surface area contributed by atoms with Gasteiger partial charge in [-0.25, -0.2) is 12.8 Å². The van der Waals surface area contributed by atoms with Gasteiger partial charge in [0.2, 0.25) is 0 Å². The van der Waals surface area contributed by atoms with Gasteiger partial charge in [-0.05, 0) is 48.0 Å². The van der Waals surface area contributed by atoms with Crippen molar-refractivity contribution in [3.8, 4) is 0 Å². The van der Waals surface area contributed by atoms with E-state index in [1.165, 1.54) is 6.07 Å². The maximum Gasteiger partial charge on any atom is 0.263 e. The lowest BCUT2D eigenvalue weighted by molar-refractivity contribution is 0.599. The van der Waals surface area contributed by atoms with Gasteiger partial charge in [-0.2, -0.15) is 5.10 Å². The molecule has 0 saturated carbocycles. The van der Waals surface area contributed by atoms with Crippen LogP contribution in [-0.4, -0.2) is 18.6 Å². The number of hydrogen-bond donors (Lipinski definition) is 2. The number of nitrogens with one attached hydrogen (secondary N) is 2. The van der Waals surface area contributed by atoms with Gasteiger partial charge in [0.25, 0.3) is 10.0 Å². The van der Waals surface area contributed by atoms with Gasteiger partial charge >= 0.3 is 0 Å². The minimum Gasteiger partial charge on any atom is -0.280 e. The molecule has 0 bridgehead atoms. The summed E-state index contributed by atoms with van der Waals surface area (Å²) in [6, 6.07) is 3.39. The van der Waals surface area contributed by atoms with E-state index >= 15 is 0 Å². The predicted octanol–water partition coefficient (Wildman–Crippen LogP) is 2.73. The molecule has 0 spiro atoms. The van der Waals surface area contributed by atoms with Crippen LogP contribution in [0.5, 0.6) is 0 Å². The molecule has 0 saturated heterocycles.